The number of Topliss-reactive ketones (excluding diaryl/α,β-unsaturated/α-hetero) is 1. The van der Waals surface area contributed by atoms with E-state index in [0.29, 0.717) is 27.3 Å². The van der Waals surface area contributed by atoms with Gasteiger partial charge in [0.15, 0.2) is 5.78 Å². The molecule has 0 radical (unpaired) electrons. The summed E-state index contributed by atoms with van der Waals surface area (Å²) in [5.41, 5.74) is 1.86. The van der Waals surface area contributed by atoms with Crippen molar-refractivity contribution in [3.8, 4) is 22.6 Å². The number of ketones is 1. The van der Waals surface area contributed by atoms with Crippen LogP contribution in [-0.4, -0.2) is 29.6 Å². The highest BCUT2D eigenvalue weighted by Crippen LogP contribution is 2.31. The van der Waals surface area contributed by atoms with Gasteiger partial charge in [0, 0.05) is 21.5 Å². The first kappa shape index (κ1) is 20.3. The number of rotatable bonds is 6. The Labute approximate surface area is 184 Å². The molecule has 0 amide bonds. The zero-order valence-electron chi connectivity index (χ0n) is 16.2. The van der Waals surface area contributed by atoms with Gasteiger partial charge >= 0.3 is 0 Å². The van der Waals surface area contributed by atoms with Gasteiger partial charge in [-0.05, 0) is 29.8 Å². The van der Waals surface area contributed by atoms with Gasteiger partial charge < -0.3 is 9.47 Å². The average Bonchev–Trinajstić information content (AvgIpc) is 3.20. The Kier molecular flexibility index (Phi) is 5.69. The maximum atomic E-state index is 13.2. The van der Waals surface area contributed by atoms with Gasteiger partial charge in [-0.1, -0.05) is 28.1 Å². The topological polar surface area (TPSA) is 70.4 Å². The Morgan fingerprint density at radius 2 is 1.90 bits per heavy atom. The molecule has 0 unspecified atom stereocenters. The van der Waals surface area contributed by atoms with Crippen LogP contribution in [0.15, 0.2) is 63.4 Å². The van der Waals surface area contributed by atoms with E-state index in [2.05, 4.69) is 20.9 Å². The van der Waals surface area contributed by atoms with Crippen molar-refractivity contribution in [2.24, 2.45) is 0 Å². The second-order valence-electron chi connectivity index (χ2n) is 6.50. The first-order chi connectivity index (χ1) is 14.5. The Hall–Kier alpha value is -2.97. The van der Waals surface area contributed by atoms with E-state index in [1.165, 1.54) is 29.3 Å². The molecule has 4 rings (SSSR count). The Balaban J connectivity index is 1.73. The maximum Gasteiger partial charge on any atom is 0.263 e. The number of hydrogen-bond acceptors (Lipinski definition) is 6. The fourth-order valence-electron chi connectivity index (χ4n) is 3.19. The van der Waals surface area contributed by atoms with Crippen molar-refractivity contribution < 1.29 is 14.3 Å². The maximum absolute atomic E-state index is 13.2. The SMILES string of the molecule is COc1ccc(C(=O)Cn2cnc3scc(-c4ccc(Br)cc4)c3c2=O)c(OC)c1. The summed E-state index contributed by atoms with van der Waals surface area (Å²) >= 11 is 4.83. The molecule has 2 heterocycles. The Morgan fingerprint density at radius 3 is 2.60 bits per heavy atom. The van der Waals surface area contributed by atoms with Crippen LogP contribution in [0.2, 0.25) is 0 Å². The monoisotopic (exact) mass is 484 g/mol. The van der Waals surface area contributed by atoms with Gasteiger partial charge in [-0.25, -0.2) is 4.98 Å². The molecular weight excluding hydrogens is 468 g/mol. The molecule has 2 aromatic heterocycles. The minimum Gasteiger partial charge on any atom is -0.497 e. The summed E-state index contributed by atoms with van der Waals surface area (Å²) in [6.07, 6.45) is 1.42. The van der Waals surface area contributed by atoms with Crippen LogP contribution in [0.3, 0.4) is 0 Å². The number of thiophene rings is 1. The fourth-order valence-corrected chi connectivity index (χ4v) is 4.36. The number of methoxy groups -OCH3 is 2. The van der Waals surface area contributed by atoms with Crippen molar-refractivity contribution in [1.82, 2.24) is 9.55 Å². The van der Waals surface area contributed by atoms with Crippen molar-refractivity contribution in [3.05, 3.63) is 74.6 Å². The third-order valence-electron chi connectivity index (χ3n) is 4.74. The predicted octanol–water partition coefficient (Wildman–Crippen LogP) is 4.79. The van der Waals surface area contributed by atoms with Crippen LogP contribution in [0.25, 0.3) is 21.3 Å². The van der Waals surface area contributed by atoms with Gasteiger partial charge in [-0.3, -0.25) is 14.2 Å². The summed E-state index contributed by atoms with van der Waals surface area (Å²) in [5.74, 6) is 0.728. The zero-order valence-corrected chi connectivity index (χ0v) is 18.6. The number of ether oxygens (including phenoxy) is 2. The highest BCUT2D eigenvalue weighted by atomic mass is 79.9. The summed E-state index contributed by atoms with van der Waals surface area (Å²) in [4.78, 5) is 31.1. The van der Waals surface area contributed by atoms with Gasteiger partial charge in [0.2, 0.25) is 0 Å². The lowest BCUT2D eigenvalue weighted by Gasteiger charge is -2.10. The summed E-state index contributed by atoms with van der Waals surface area (Å²) in [6.45, 7) is -0.139. The molecule has 0 saturated heterocycles. The first-order valence-electron chi connectivity index (χ1n) is 8.99. The average molecular weight is 485 g/mol. The van der Waals surface area contributed by atoms with E-state index in [4.69, 9.17) is 9.47 Å². The third kappa shape index (κ3) is 3.76. The van der Waals surface area contributed by atoms with E-state index >= 15 is 0 Å². The van der Waals surface area contributed by atoms with Gasteiger partial charge in [-0.15, -0.1) is 11.3 Å². The van der Waals surface area contributed by atoms with Crippen molar-refractivity contribution in [2.45, 2.75) is 6.54 Å². The smallest absolute Gasteiger partial charge is 0.263 e. The van der Waals surface area contributed by atoms with Crippen LogP contribution in [-0.2, 0) is 6.54 Å². The van der Waals surface area contributed by atoms with Crippen molar-refractivity contribution in [2.75, 3.05) is 14.2 Å². The largest absolute Gasteiger partial charge is 0.497 e. The highest BCUT2D eigenvalue weighted by Gasteiger charge is 2.18. The van der Waals surface area contributed by atoms with Crippen LogP contribution < -0.4 is 15.0 Å². The number of halogens is 1. The molecular formula is C22H17BrN2O4S. The molecule has 30 heavy (non-hydrogen) atoms. The molecule has 152 valence electrons. The number of nitrogens with zero attached hydrogens (tertiary/aromatic N) is 2. The van der Waals surface area contributed by atoms with Gasteiger partial charge in [-0.2, -0.15) is 0 Å². The van der Waals surface area contributed by atoms with Gasteiger partial charge in [0.1, 0.15) is 16.3 Å². The molecule has 6 nitrogen and oxygen atoms in total. The second-order valence-corrected chi connectivity index (χ2v) is 8.28. The quantitative estimate of drug-likeness (QED) is 0.368. The lowest BCUT2D eigenvalue weighted by molar-refractivity contribution is 0.0967. The summed E-state index contributed by atoms with van der Waals surface area (Å²) in [5, 5.41) is 2.43. The molecule has 0 bridgehead atoms. The molecule has 0 aliphatic rings. The van der Waals surface area contributed by atoms with E-state index in [0.717, 1.165) is 15.6 Å². The molecule has 0 N–H and O–H groups in total. The van der Waals surface area contributed by atoms with Crippen LogP contribution in [0, 0.1) is 0 Å². The summed E-state index contributed by atoms with van der Waals surface area (Å²) in [6, 6.07) is 12.7. The van der Waals surface area contributed by atoms with E-state index in [-0.39, 0.29) is 17.9 Å². The van der Waals surface area contributed by atoms with Crippen molar-refractivity contribution in [3.63, 3.8) is 0 Å². The van der Waals surface area contributed by atoms with E-state index < -0.39 is 0 Å². The van der Waals surface area contributed by atoms with Crippen LogP contribution in [0.5, 0.6) is 11.5 Å². The van der Waals surface area contributed by atoms with E-state index in [9.17, 15) is 9.59 Å². The number of carbonyl (C=O) groups excluding carboxylic acids is 1. The number of carbonyl (C=O) groups is 1. The number of aromatic nitrogens is 2. The second kappa shape index (κ2) is 8.41. The first-order valence-corrected chi connectivity index (χ1v) is 10.7. The summed E-state index contributed by atoms with van der Waals surface area (Å²) < 4.78 is 12.8. The molecule has 2 aromatic carbocycles. The van der Waals surface area contributed by atoms with Crippen LogP contribution in [0.1, 0.15) is 10.4 Å². The molecule has 0 saturated carbocycles. The summed E-state index contributed by atoms with van der Waals surface area (Å²) in [7, 11) is 3.03. The number of hydrogen-bond donors (Lipinski definition) is 0. The zero-order chi connectivity index (χ0) is 21.3. The van der Waals surface area contributed by atoms with Crippen molar-refractivity contribution in [1.29, 1.82) is 0 Å². The van der Waals surface area contributed by atoms with Crippen LogP contribution >= 0.6 is 27.3 Å². The van der Waals surface area contributed by atoms with E-state index in [1.807, 2.05) is 29.6 Å². The number of fused-ring (bicyclic) bond motifs is 1. The molecule has 4 aromatic rings. The molecule has 0 aliphatic heterocycles. The van der Waals surface area contributed by atoms with Gasteiger partial charge in [0.25, 0.3) is 5.56 Å². The number of benzene rings is 2. The standard InChI is InChI=1S/C22H17BrN2O4S/c1-28-15-7-8-16(19(9-15)29-2)18(26)10-25-12-24-21-20(22(25)27)17(11-30-21)13-3-5-14(23)6-4-13/h3-9,11-12H,10H2,1-2H3. The third-order valence-corrected chi connectivity index (χ3v) is 6.15. The molecule has 0 aliphatic carbocycles. The van der Waals surface area contributed by atoms with Crippen LogP contribution in [0.4, 0.5) is 0 Å². The Morgan fingerprint density at radius 1 is 1.13 bits per heavy atom. The lowest BCUT2D eigenvalue weighted by atomic mass is 10.1. The van der Waals surface area contributed by atoms with Gasteiger partial charge in [0.05, 0.1) is 38.0 Å². The molecule has 0 fully saturated rings. The fraction of sp³-hybridized carbons (Fsp3) is 0.136. The predicted molar refractivity (Wildman–Crippen MR) is 121 cm³/mol. The molecule has 8 heteroatoms. The van der Waals surface area contributed by atoms with E-state index in [1.54, 1.807) is 25.3 Å². The lowest BCUT2D eigenvalue weighted by Crippen LogP contribution is -2.24. The van der Waals surface area contributed by atoms with Crippen molar-refractivity contribution >= 4 is 43.3 Å². The molecule has 0 spiro atoms. The molecule has 0 atom stereocenters. The highest BCUT2D eigenvalue weighted by molar-refractivity contribution is 9.10. The minimum absolute atomic E-state index is 0.139. The Bertz CT molecular complexity index is 1290. The normalized spacial score (nSPS) is 10.9. The minimum atomic E-state index is -0.252.